The van der Waals surface area contributed by atoms with Crippen LogP contribution < -0.4 is 15.6 Å². The van der Waals surface area contributed by atoms with Gasteiger partial charge in [0.05, 0.1) is 29.0 Å². The number of carbonyl (C=O) groups is 1. The van der Waals surface area contributed by atoms with Crippen LogP contribution >= 0.6 is 11.8 Å². The van der Waals surface area contributed by atoms with Gasteiger partial charge in [-0.2, -0.15) is 0 Å². The van der Waals surface area contributed by atoms with Gasteiger partial charge in [0.2, 0.25) is 5.91 Å². The van der Waals surface area contributed by atoms with Crippen LogP contribution in [0.3, 0.4) is 0 Å². The lowest BCUT2D eigenvalue weighted by molar-refractivity contribution is -0.118. The third-order valence-electron chi connectivity index (χ3n) is 4.19. The van der Waals surface area contributed by atoms with Crippen LogP contribution in [0.1, 0.15) is 20.8 Å². The van der Waals surface area contributed by atoms with Crippen molar-refractivity contribution in [2.24, 2.45) is 5.92 Å². The zero-order valence-corrected chi connectivity index (χ0v) is 17.7. The number of nitrogens with zero attached hydrogens (tertiary/aromatic N) is 2. The average Bonchev–Trinajstić information content (AvgIpc) is 2.72. The summed E-state index contributed by atoms with van der Waals surface area (Å²) in [7, 11) is 0. The molecule has 6 nitrogen and oxygen atoms in total. The van der Waals surface area contributed by atoms with Crippen LogP contribution in [0.4, 0.5) is 0 Å². The minimum atomic E-state index is -0.162. The van der Waals surface area contributed by atoms with E-state index in [1.807, 2.05) is 63.2 Å². The van der Waals surface area contributed by atoms with Crippen molar-refractivity contribution >= 4 is 28.6 Å². The Kier molecular flexibility index (Phi) is 6.93. The zero-order chi connectivity index (χ0) is 20.8. The van der Waals surface area contributed by atoms with Crippen molar-refractivity contribution in [3.63, 3.8) is 0 Å². The first kappa shape index (κ1) is 20.9. The van der Waals surface area contributed by atoms with Gasteiger partial charge in [0.15, 0.2) is 5.16 Å². The summed E-state index contributed by atoms with van der Waals surface area (Å²) < 4.78 is 7.05. The summed E-state index contributed by atoms with van der Waals surface area (Å²) in [6.45, 7) is 7.20. The van der Waals surface area contributed by atoms with Crippen molar-refractivity contribution in [2.75, 3.05) is 18.9 Å². The maximum Gasteiger partial charge on any atom is 0.266 e. The number of hydrogen-bond donors (Lipinski definition) is 1. The van der Waals surface area contributed by atoms with Crippen LogP contribution in [0.15, 0.2) is 58.5 Å². The van der Waals surface area contributed by atoms with E-state index in [0.29, 0.717) is 40.8 Å². The molecule has 0 unspecified atom stereocenters. The van der Waals surface area contributed by atoms with Crippen molar-refractivity contribution in [3.8, 4) is 11.4 Å². The van der Waals surface area contributed by atoms with Crippen molar-refractivity contribution < 1.29 is 9.53 Å². The number of aromatic nitrogens is 2. The molecule has 0 aliphatic rings. The summed E-state index contributed by atoms with van der Waals surface area (Å²) in [4.78, 5) is 30.0. The van der Waals surface area contributed by atoms with Crippen LogP contribution in [0.2, 0.25) is 0 Å². The molecule has 0 bridgehead atoms. The number of carbonyl (C=O) groups excluding carboxylic acids is 1. The number of para-hydroxylation sites is 1. The summed E-state index contributed by atoms with van der Waals surface area (Å²) in [6, 6.07) is 14.5. The lowest BCUT2D eigenvalue weighted by Crippen LogP contribution is -2.29. The molecule has 2 aromatic carbocycles. The zero-order valence-electron chi connectivity index (χ0n) is 16.8. The number of benzene rings is 2. The standard InChI is InChI=1S/C22H25N3O3S/c1-4-28-17-11-9-16(10-12-17)25-21(27)18-7-5-6-8-19(18)24-22(25)29-14-20(26)23-13-15(2)3/h5-12,15H,4,13-14H2,1-3H3,(H,23,26). The second-order valence-electron chi connectivity index (χ2n) is 6.97. The minimum absolute atomic E-state index is 0.0793. The van der Waals surface area contributed by atoms with Crippen LogP contribution in [-0.2, 0) is 4.79 Å². The van der Waals surface area contributed by atoms with Crippen molar-refractivity contribution in [3.05, 3.63) is 58.9 Å². The Bertz CT molecular complexity index is 1050. The second kappa shape index (κ2) is 9.60. The number of amides is 1. The van der Waals surface area contributed by atoms with Gasteiger partial charge < -0.3 is 10.1 Å². The summed E-state index contributed by atoms with van der Waals surface area (Å²) in [5, 5.41) is 3.91. The van der Waals surface area contributed by atoms with Gasteiger partial charge in [-0.15, -0.1) is 0 Å². The van der Waals surface area contributed by atoms with Gasteiger partial charge in [0, 0.05) is 6.54 Å². The summed E-state index contributed by atoms with van der Waals surface area (Å²) in [5.74, 6) is 1.23. The molecule has 29 heavy (non-hydrogen) atoms. The molecule has 152 valence electrons. The number of nitrogens with one attached hydrogen (secondary N) is 1. The molecule has 3 rings (SSSR count). The Labute approximate surface area is 174 Å². The Morgan fingerprint density at radius 3 is 2.59 bits per heavy atom. The number of fused-ring (bicyclic) bond motifs is 1. The van der Waals surface area contributed by atoms with Crippen molar-refractivity contribution in [2.45, 2.75) is 25.9 Å². The molecule has 0 spiro atoms. The van der Waals surface area contributed by atoms with Crippen molar-refractivity contribution in [1.82, 2.24) is 14.9 Å². The number of rotatable bonds is 8. The van der Waals surface area contributed by atoms with Crippen molar-refractivity contribution in [1.29, 1.82) is 0 Å². The summed E-state index contributed by atoms with van der Waals surface area (Å²) in [6.07, 6.45) is 0. The predicted octanol–water partition coefficient (Wildman–Crippen LogP) is 3.65. The molecule has 0 atom stereocenters. The van der Waals surface area contributed by atoms with Crippen LogP contribution in [0.25, 0.3) is 16.6 Å². The average molecular weight is 412 g/mol. The molecular weight excluding hydrogens is 386 g/mol. The fourth-order valence-electron chi connectivity index (χ4n) is 2.79. The Balaban J connectivity index is 1.97. The van der Waals surface area contributed by atoms with E-state index in [-0.39, 0.29) is 17.2 Å². The molecule has 7 heteroatoms. The predicted molar refractivity (Wildman–Crippen MR) is 117 cm³/mol. The monoisotopic (exact) mass is 411 g/mol. The molecule has 0 saturated carbocycles. The van der Waals surface area contributed by atoms with E-state index in [1.54, 1.807) is 10.6 Å². The summed E-state index contributed by atoms with van der Waals surface area (Å²) in [5.41, 5.74) is 1.14. The van der Waals surface area contributed by atoms with Crippen LogP contribution in [0, 0.1) is 5.92 Å². The highest BCUT2D eigenvalue weighted by molar-refractivity contribution is 7.99. The normalized spacial score (nSPS) is 11.0. The molecule has 1 N–H and O–H groups in total. The van der Waals surface area contributed by atoms with E-state index in [1.165, 1.54) is 11.8 Å². The highest BCUT2D eigenvalue weighted by atomic mass is 32.2. The van der Waals surface area contributed by atoms with Gasteiger partial charge >= 0.3 is 0 Å². The Morgan fingerprint density at radius 1 is 1.17 bits per heavy atom. The molecule has 1 amide bonds. The number of ether oxygens (including phenoxy) is 1. The first-order valence-electron chi connectivity index (χ1n) is 9.64. The number of hydrogen-bond acceptors (Lipinski definition) is 5. The number of thioether (sulfide) groups is 1. The maximum atomic E-state index is 13.2. The fraction of sp³-hybridized carbons (Fsp3) is 0.318. The fourth-order valence-corrected chi connectivity index (χ4v) is 3.64. The van der Waals surface area contributed by atoms with Gasteiger partial charge in [-0.25, -0.2) is 4.98 Å². The molecule has 1 heterocycles. The molecule has 1 aromatic heterocycles. The molecule has 3 aromatic rings. The van der Waals surface area contributed by atoms with E-state index >= 15 is 0 Å². The molecule has 0 saturated heterocycles. The first-order chi connectivity index (χ1) is 14.0. The summed E-state index contributed by atoms with van der Waals surface area (Å²) >= 11 is 1.25. The third-order valence-corrected chi connectivity index (χ3v) is 5.13. The molecule has 0 radical (unpaired) electrons. The van der Waals surface area contributed by atoms with E-state index < -0.39 is 0 Å². The van der Waals surface area contributed by atoms with E-state index in [9.17, 15) is 9.59 Å². The lowest BCUT2D eigenvalue weighted by Gasteiger charge is -2.14. The minimum Gasteiger partial charge on any atom is -0.494 e. The van der Waals surface area contributed by atoms with Gasteiger partial charge in [-0.05, 0) is 49.2 Å². The highest BCUT2D eigenvalue weighted by Crippen LogP contribution is 2.22. The van der Waals surface area contributed by atoms with Gasteiger partial charge in [-0.3, -0.25) is 14.2 Å². The Hall–Kier alpha value is -2.80. The van der Waals surface area contributed by atoms with Gasteiger partial charge in [-0.1, -0.05) is 37.7 Å². The first-order valence-corrected chi connectivity index (χ1v) is 10.6. The smallest absolute Gasteiger partial charge is 0.266 e. The molecule has 0 aliphatic heterocycles. The largest absolute Gasteiger partial charge is 0.494 e. The lowest BCUT2D eigenvalue weighted by atomic mass is 10.2. The third kappa shape index (κ3) is 5.17. The van der Waals surface area contributed by atoms with E-state index in [0.717, 1.165) is 5.75 Å². The van der Waals surface area contributed by atoms with E-state index in [4.69, 9.17) is 4.74 Å². The van der Waals surface area contributed by atoms with E-state index in [2.05, 4.69) is 10.3 Å². The van der Waals surface area contributed by atoms with Gasteiger partial charge in [0.25, 0.3) is 5.56 Å². The quantitative estimate of drug-likeness (QED) is 0.452. The topological polar surface area (TPSA) is 73.2 Å². The molecule has 0 fully saturated rings. The molecular formula is C22H25N3O3S. The second-order valence-corrected chi connectivity index (χ2v) is 7.91. The van der Waals surface area contributed by atoms with Crippen LogP contribution in [-0.4, -0.2) is 34.4 Å². The Morgan fingerprint density at radius 2 is 1.90 bits per heavy atom. The van der Waals surface area contributed by atoms with Crippen LogP contribution in [0.5, 0.6) is 5.75 Å². The highest BCUT2D eigenvalue weighted by Gasteiger charge is 2.15. The maximum absolute atomic E-state index is 13.2. The molecule has 0 aliphatic carbocycles. The van der Waals surface area contributed by atoms with Gasteiger partial charge in [0.1, 0.15) is 5.75 Å². The SMILES string of the molecule is CCOc1ccc(-n2c(SCC(=O)NCC(C)C)nc3ccccc3c2=O)cc1.